The molecule has 0 radical (unpaired) electrons. The summed E-state index contributed by atoms with van der Waals surface area (Å²) < 4.78 is 5.22. The maximum Gasteiger partial charge on any atom is 0.253 e. The van der Waals surface area contributed by atoms with Crippen molar-refractivity contribution >= 4 is 16.8 Å². The fourth-order valence-corrected chi connectivity index (χ4v) is 3.00. The summed E-state index contributed by atoms with van der Waals surface area (Å²) in [6.07, 6.45) is 1.71. The second-order valence-electron chi connectivity index (χ2n) is 6.34. The molecule has 0 aliphatic heterocycles. The van der Waals surface area contributed by atoms with E-state index in [0.717, 1.165) is 22.2 Å². The van der Waals surface area contributed by atoms with Crippen molar-refractivity contribution in [3.05, 3.63) is 71.9 Å². The van der Waals surface area contributed by atoms with E-state index in [4.69, 9.17) is 4.74 Å². The number of likely N-dealkylation sites (N-methyl/N-ethyl adjacent to an activating group) is 1. The highest BCUT2D eigenvalue weighted by molar-refractivity contribution is 6.05. The van der Waals surface area contributed by atoms with Gasteiger partial charge in [0.15, 0.2) is 0 Å². The molecule has 1 heterocycles. The minimum Gasteiger partial charge on any atom is -0.497 e. The number of fused-ring (bicyclic) bond motifs is 1. The van der Waals surface area contributed by atoms with Crippen LogP contribution in [0, 0.1) is 0 Å². The molecule has 0 aliphatic rings. The summed E-state index contributed by atoms with van der Waals surface area (Å²) >= 11 is 0. The molecule has 134 valence electrons. The molecule has 1 atom stereocenters. The molecule has 2 aromatic carbocycles. The molecule has 5 heteroatoms. The van der Waals surface area contributed by atoms with Gasteiger partial charge in [-0.05, 0) is 43.9 Å². The van der Waals surface area contributed by atoms with E-state index in [-0.39, 0.29) is 11.9 Å². The number of methoxy groups -OCH3 is 1. The van der Waals surface area contributed by atoms with Crippen molar-refractivity contribution in [2.24, 2.45) is 0 Å². The van der Waals surface area contributed by atoms with Gasteiger partial charge < -0.3 is 15.0 Å². The number of amides is 1. The molecule has 0 saturated heterocycles. The number of carbonyl (C=O) groups excluding carboxylic acids is 1. The molecule has 26 heavy (non-hydrogen) atoms. The first kappa shape index (κ1) is 17.9. The summed E-state index contributed by atoms with van der Waals surface area (Å²) in [4.78, 5) is 19.2. The number of nitrogens with zero attached hydrogens (tertiary/aromatic N) is 2. The van der Waals surface area contributed by atoms with Gasteiger partial charge in [-0.15, -0.1) is 0 Å². The minimum atomic E-state index is -0.116. The van der Waals surface area contributed by atoms with Gasteiger partial charge in [0.05, 0.1) is 24.2 Å². The smallest absolute Gasteiger partial charge is 0.253 e. The van der Waals surface area contributed by atoms with Crippen LogP contribution >= 0.6 is 0 Å². The van der Waals surface area contributed by atoms with Crippen LogP contribution in [0.4, 0.5) is 0 Å². The Kier molecular flexibility index (Phi) is 5.49. The van der Waals surface area contributed by atoms with Gasteiger partial charge in [0.2, 0.25) is 0 Å². The predicted octanol–water partition coefficient (Wildman–Crippen LogP) is 3.28. The van der Waals surface area contributed by atoms with Crippen molar-refractivity contribution in [2.75, 3.05) is 27.7 Å². The zero-order chi connectivity index (χ0) is 18.5. The van der Waals surface area contributed by atoms with Crippen molar-refractivity contribution in [1.82, 2.24) is 15.2 Å². The second kappa shape index (κ2) is 7.97. The van der Waals surface area contributed by atoms with E-state index in [1.807, 2.05) is 68.7 Å². The molecule has 0 fully saturated rings. The Morgan fingerprint density at radius 1 is 1.12 bits per heavy atom. The first-order valence-corrected chi connectivity index (χ1v) is 8.52. The topological polar surface area (TPSA) is 54.5 Å². The number of carbonyl (C=O) groups is 1. The van der Waals surface area contributed by atoms with Crippen molar-refractivity contribution < 1.29 is 9.53 Å². The lowest BCUT2D eigenvalue weighted by Crippen LogP contribution is -2.34. The third-order valence-electron chi connectivity index (χ3n) is 4.46. The lowest BCUT2D eigenvalue weighted by atomic mass is 10.0. The number of hydrogen-bond donors (Lipinski definition) is 1. The van der Waals surface area contributed by atoms with Crippen molar-refractivity contribution in [2.45, 2.75) is 6.04 Å². The zero-order valence-corrected chi connectivity index (χ0v) is 15.3. The zero-order valence-electron chi connectivity index (χ0n) is 15.3. The van der Waals surface area contributed by atoms with Gasteiger partial charge in [-0.25, -0.2) is 0 Å². The Morgan fingerprint density at radius 3 is 2.54 bits per heavy atom. The van der Waals surface area contributed by atoms with E-state index in [9.17, 15) is 4.79 Å². The largest absolute Gasteiger partial charge is 0.497 e. The first-order chi connectivity index (χ1) is 12.6. The van der Waals surface area contributed by atoms with Gasteiger partial charge in [0.25, 0.3) is 5.91 Å². The van der Waals surface area contributed by atoms with Gasteiger partial charge in [0, 0.05) is 18.1 Å². The first-order valence-electron chi connectivity index (χ1n) is 8.52. The summed E-state index contributed by atoms with van der Waals surface area (Å²) in [7, 11) is 5.65. The highest BCUT2D eigenvalue weighted by Gasteiger charge is 2.17. The number of aromatic nitrogens is 1. The average molecular weight is 349 g/mol. The van der Waals surface area contributed by atoms with Crippen LogP contribution in [0.1, 0.15) is 22.0 Å². The molecule has 0 aliphatic carbocycles. The second-order valence-corrected chi connectivity index (χ2v) is 6.34. The van der Waals surface area contributed by atoms with Crippen LogP contribution in [0.5, 0.6) is 5.75 Å². The lowest BCUT2D eigenvalue weighted by molar-refractivity contribution is 0.0943. The molecule has 3 rings (SSSR count). The van der Waals surface area contributed by atoms with Gasteiger partial charge >= 0.3 is 0 Å². The number of hydrogen-bond acceptors (Lipinski definition) is 4. The Labute approximate surface area is 153 Å². The molecule has 1 aromatic heterocycles. The summed E-state index contributed by atoms with van der Waals surface area (Å²) in [6, 6.07) is 17.4. The maximum atomic E-state index is 12.7. The summed E-state index contributed by atoms with van der Waals surface area (Å²) in [5.41, 5.74) is 2.43. The van der Waals surface area contributed by atoms with Gasteiger partial charge in [-0.3, -0.25) is 9.78 Å². The SMILES string of the molecule is COc1ccc([C@H](CNC(=O)c2cccc3cccnc23)N(C)C)cc1. The van der Waals surface area contributed by atoms with Crippen LogP contribution in [0.15, 0.2) is 60.8 Å². The predicted molar refractivity (Wildman–Crippen MR) is 103 cm³/mol. The van der Waals surface area contributed by atoms with E-state index in [1.54, 1.807) is 13.3 Å². The Morgan fingerprint density at radius 2 is 1.85 bits per heavy atom. The molecule has 1 amide bonds. The summed E-state index contributed by atoms with van der Waals surface area (Å²) in [5.74, 6) is 0.701. The van der Waals surface area contributed by atoms with Crippen molar-refractivity contribution in [3.63, 3.8) is 0 Å². The fourth-order valence-electron chi connectivity index (χ4n) is 3.00. The van der Waals surface area contributed by atoms with Gasteiger partial charge in [0.1, 0.15) is 5.75 Å². The van der Waals surface area contributed by atoms with Crippen LogP contribution < -0.4 is 10.1 Å². The normalized spacial score (nSPS) is 12.2. The number of pyridine rings is 1. The van der Waals surface area contributed by atoms with Crippen LogP contribution in [0.25, 0.3) is 10.9 Å². The molecule has 0 bridgehead atoms. The molecule has 0 unspecified atom stereocenters. The van der Waals surface area contributed by atoms with E-state index in [0.29, 0.717) is 12.1 Å². The number of ether oxygens (including phenoxy) is 1. The lowest BCUT2D eigenvalue weighted by Gasteiger charge is -2.25. The van der Waals surface area contributed by atoms with Crippen LogP contribution in [0.2, 0.25) is 0 Å². The third kappa shape index (κ3) is 3.83. The van der Waals surface area contributed by atoms with E-state index >= 15 is 0 Å². The maximum absolute atomic E-state index is 12.7. The van der Waals surface area contributed by atoms with Gasteiger partial charge in [-0.2, -0.15) is 0 Å². The van der Waals surface area contributed by atoms with E-state index in [1.165, 1.54) is 0 Å². The van der Waals surface area contributed by atoms with E-state index in [2.05, 4.69) is 15.2 Å². The highest BCUT2D eigenvalue weighted by Crippen LogP contribution is 2.21. The van der Waals surface area contributed by atoms with Gasteiger partial charge in [-0.1, -0.05) is 30.3 Å². The molecular formula is C21H23N3O2. The standard InChI is InChI=1S/C21H23N3O2/c1-24(2)19(15-9-11-17(26-3)12-10-15)14-23-21(25)18-8-4-6-16-7-5-13-22-20(16)18/h4-13,19H,14H2,1-3H3,(H,23,25)/t19-/m0/s1. The number of rotatable bonds is 6. The highest BCUT2D eigenvalue weighted by atomic mass is 16.5. The van der Waals surface area contributed by atoms with Crippen LogP contribution in [0.3, 0.4) is 0 Å². The summed E-state index contributed by atoms with van der Waals surface area (Å²) in [5, 5.41) is 4.01. The monoisotopic (exact) mass is 349 g/mol. The third-order valence-corrected chi connectivity index (χ3v) is 4.46. The summed E-state index contributed by atoms with van der Waals surface area (Å²) in [6.45, 7) is 0.501. The molecule has 3 aromatic rings. The number of nitrogens with one attached hydrogen (secondary N) is 1. The van der Waals surface area contributed by atoms with E-state index < -0.39 is 0 Å². The molecule has 0 spiro atoms. The fraction of sp³-hybridized carbons (Fsp3) is 0.238. The Balaban J connectivity index is 1.77. The number of para-hydroxylation sites is 1. The average Bonchev–Trinajstić information content (AvgIpc) is 2.67. The quantitative estimate of drug-likeness (QED) is 0.742. The minimum absolute atomic E-state index is 0.0628. The Bertz CT molecular complexity index is 886. The molecule has 1 N–H and O–H groups in total. The molecular weight excluding hydrogens is 326 g/mol. The van der Waals surface area contributed by atoms with Crippen molar-refractivity contribution in [1.29, 1.82) is 0 Å². The molecule has 0 saturated carbocycles. The molecule has 5 nitrogen and oxygen atoms in total. The van der Waals surface area contributed by atoms with Crippen molar-refractivity contribution in [3.8, 4) is 5.75 Å². The van der Waals surface area contributed by atoms with Crippen LogP contribution in [-0.2, 0) is 0 Å². The van der Waals surface area contributed by atoms with Crippen LogP contribution in [-0.4, -0.2) is 43.5 Å². The number of benzene rings is 2. The Hall–Kier alpha value is -2.92.